The van der Waals surface area contributed by atoms with E-state index in [2.05, 4.69) is 46.6 Å². The van der Waals surface area contributed by atoms with Crippen molar-refractivity contribution in [1.29, 1.82) is 0 Å². The highest BCUT2D eigenvalue weighted by Crippen LogP contribution is 2.24. The fraction of sp³-hybridized carbons (Fsp3) is 0.353. The zero-order chi connectivity index (χ0) is 19.4. The van der Waals surface area contributed by atoms with Crippen LogP contribution in [0.15, 0.2) is 33.9 Å². The third-order valence-corrected chi connectivity index (χ3v) is 5.12. The average Bonchev–Trinajstić information content (AvgIpc) is 3.05. The van der Waals surface area contributed by atoms with E-state index in [1.165, 1.54) is 11.8 Å². The highest BCUT2D eigenvalue weighted by atomic mass is 79.9. The third kappa shape index (κ3) is 4.56. The molecular weight excluding hydrogens is 430 g/mol. The lowest BCUT2D eigenvalue weighted by Crippen LogP contribution is -2.13. The van der Waals surface area contributed by atoms with E-state index in [0.29, 0.717) is 41.5 Å². The number of benzene rings is 1. The molecular formula is C17H20BrN7OS. The van der Waals surface area contributed by atoms with Gasteiger partial charge >= 0.3 is 0 Å². The van der Waals surface area contributed by atoms with E-state index >= 15 is 0 Å². The zero-order valence-electron chi connectivity index (χ0n) is 15.2. The second kappa shape index (κ2) is 8.66. The van der Waals surface area contributed by atoms with Crippen molar-refractivity contribution in [3.05, 3.63) is 34.3 Å². The lowest BCUT2D eigenvalue weighted by Gasteiger charge is -2.07. The lowest BCUT2D eigenvalue weighted by molar-refractivity contribution is 0.0994. The van der Waals surface area contributed by atoms with Crippen molar-refractivity contribution in [1.82, 2.24) is 24.6 Å². The monoisotopic (exact) mass is 449 g/mol. The van der Waals surface area contributed by atoms with E-state index in [4.69, 9.17) is 0 Å². The fourth-order valence-electron chi connectivity index (χ4n) is 2.39. The summed E-state index contributed by atoms with van der Waals surface area (Å²) in [5.74, 6) is 1.51. The van der Waals surface area contributed by atoms with Crippen molar-refractivity contribution in [3.63, 3.8) is 0 Å². The highest BCUT2D eigenvalue weighted by molar-refractivity contribution is 9.10. The van der Waals surface area contributed by atoms with Gasteiger partial charge in [-0.3, -0.25) is 4.79 Å². The van der Waals surface area contributed by atoms with Crippen LogP contribution < -0.4 is 10.6 Å². The average molecular weight is 450 g/mol. The van der Waals surface area contributed by atoms with E-state index in [0.717, 1.165) is 4.47 Å². The van der Waals surface area contributed by atoms with E-state index in [9.17, 15) is 4.79 Å². The Labute approximate surface area is 169 Å². The first-order valence-electron chi connectivity index (χ1n) is 8.60. The predicted octanol–water partition coefficient (Wildman–Crippen LogP) is 3.51. The fourth-order valence-corrected chi connectivity index (χ4v) is 3.47. The van der Waals surface area contributed by atoms with Crippen molar-refractivity contribution in [2.24, 2.45) is 0 Å². The van der Waals surface area contributed by atoms with Crippen molar-refractivity contribution in [2.75, 3.05) is 23.7 Å². The van der Waals surface area contributed by atoms with Gasteiger partial charge in [-0.05, 0) is 32.9 Å². The molecule has 0 spiro atoms. The molecule has 0 saturated carbocycles. The number of fused-ring (bicyclic) bond motifs is 1. The first kappa shape index (κ1) is 19.6. The highest BCUT2D eigenvalue weighted by Gasteiger charge is 2.20. The van der Waals surface area contributed by atoms with Crippen molar-refractivity contribution in [2.45, 2.75) is 31.2 Å². The van der Waals surface area contributed by atoms with Crippen molar-refractivity contribution >= 4 is 51.1 Å². The number of rotatable bonds is 8. The minimum Gasteiger partial charge on any atom is -0.354 e. The minimum absolute atomic E-state index is 0.0256. The molecule has 2 aromatic heterocycles. The van der Waals surface area contributed by atoms with Gasteiger partial charge in [-0.25, -0.2) is 0 Å². The van der Waals surface area contributed by atoms with Crippen LogP contribution >= 0.6 is 27.7 Å². The van der Waals surface area contributed by atoms with Crippen LogP contribution in [0.25, 0.3) is 5.78 Å². The number of hydrogen-bond donors (Lipinski definition) is 2. The van der Waals surface area contributed by atoms with Crippen LogP contribution in [0.2, 0.25) is 0 Å². The molecule has 0 aliphatic heterocycles. The number of aromatic nitrogens is 5. The lowest BCUT2D eigenvalue weighted by atomic mass is 10.1. The maximum absolute atomic E-state index is 12.6. The van der Waals surface area contributed by atoms with Gasteiger partial charge in [-0.2, -0.15) is 19.5 Å². The number of ketones is 1. The van der Waals surface area contributed by atoms with E-state index in [1.807, 2.05) is 32.9 Å². The Hall–Kier alpha value is -2.20. The molecule has 27 heavy (non-hydrogen) atoms. The standard InChI is InChI=1S/C17H20BrN7OS/c1-4-19-14-21-15(20-5-2)25-16(22-14)23-17(24-25)27-10(3)13(26)11-6-8-12(18)9-7-11/h6-10H,4-5H2,1-3H3,(H2,19,20,21,22,23,24)/t10-/m0/s1. The third-order valence-electron chi connectivity index (χ3n) is 3.64. The minimum atomic E-state index is -0.327. The van der Waals surface area contributed by atoms with Gasteiger partial charge in [0, 0.05) is 23.1 Å². The molecule has 0 radical (unpaired) electrons. The molecule has 0 bridgehead atoms. The van der Waals surface area contributed by atoms with Gasteiger partial charge in [-0.1, -0.05) is 39.8 Å². The van der Waals surface area contributed by atoms with Crippen LogP contribution in [0.4, 0.5) is 11.9 Å². The largest absolute Gasteiger partial charge is 0.354 e. The number of Topliss-reactive ketones (excluding diaryl/α,β-unsaturated/α-hetero) is 1. The Bertz CT molecular complexity index is 944. The van der Waals surface area contributed by atoms with Crippen molar-refractivity contribution < 1.29 is 4.79 Å². The second-order valence-electron chi connectivity index (χ2n) is 5.67. The first-order valence-corrected chi connectivity index (χ1v) is 10.3. The molecule has 10 heteroatoms. The van der Waals surface area contributed by atoms with Crippen LogP contribution in [0.5, 0.6) is 0 Å². The topological polar surface area (TPSA) is 97.1 Å². The summed E-state index contributed by atoms with van der Waals surface area (Å²) >= 11 is 4.68. The molecule has 1 atom stereocenters. The Balaban J connectivity index is 1.84. The number of carbonyl (C=O) groups is 1. The van der Waals surface area contributed by atoms with Gasteiger partial charge in [0.2, 0.25) is 17.1 Å². The number of nitrogens with zero attached hydrogens (tertiary/aromatic N) is 5. The normalized spacial score (nSPS) is 12.1. The van der Waals surface area contributed by atoms with Gasteiger partial charge in [0.25, 0.3) is 5.78 Å². The number of hydrogen-bond acceptors (Lipinski definition) is 8. The van der Waals surface area contributed by atoms with Gasteiger partial charge in [0.15, 0.2) is 5.78 Å². The predicted molar refractivity (Wildman–Crippen MR) is 111 cm³/mol. The molecule has 2 N–H and O–H groups in total. The zero-order valence-corrected chi connectivity index (χ0v) is 17.6. The van der Waals surface area contributed by atoms with E-state index in [-0.39, 0.29) is 11.0 Å². The number of halogens is 1. The molecule has 0 fully saturated rings. The molecule has 0 aliphatic rings. The summed E-state index contributed by atoms with van der Waals surface area (Å²) in [7, 11) is 0. The number of thioether (sulfide) groups is 1. The summed E-state index contributed by atoms with van der Waals surface area (Å²) in [5.41, 5.74) is 0.657. The first-order chi connectivity index (χ1) is 13.0. The smallest absolute Gasteiger partial charge is 0.259 e. The number of carbonyl (C=O) groups excluding carboxylic acids is 1. The second-order valence-corrected chi connectivity index (χ2v) is 7.89. The summed E-state index contributed by atoms with van der Waals surface area (Å²) < 4.78 is 2.50. The molecule has 8 nitrogen and oxygen atoms in total. The Kier molecular flexibility index (Phi) is 6.27. The maximum Gasteiger partial charge on any atom is 0.259 e. The molecule has 3 aromatic rings. The van der Waals surface area contributed by atoms with Gasteiger partial charge in [0.1, 0.15) is 0 Å². The molecule has 2 heterocycles. The summed E-state index contributed by atoms with van der Waals surface area (Å²) in [6.45, 7) is 7.20. The maximum atomic E-state index is 12.6. The molecule has 0 unspecified atom stereocenters. The Morgan fingerprint density at radius 2 is 1.85 bits per heavy atom. The summed E-state index contributed by atoms with van der Waals surface area (Å²) in [6, 6.07) is 7.32. The molecule has 0 saturated heterocycles. The van der Waals surface area contributed by atoms with E-state index < -0.39 is 0 Å². The van der Waals surface area contributed by atoms with Crippen LogP contribution in [0, 0.1) is 0 Å². The molecule has 1 aromatic carbocycles. The van der Waals surface area contributed by atoms with Crippen LogP contribution in [0.3, 0.4) is 0 Å². The number of nitrogens with one attached hydrogen (secondary N) is 2. The Morgan fingerprint density at radius 1 is 1.15 bits per heavy atom. The van der Waals surface area contributed by atoms with Crippen LogP contribution in [-0.2, 0) is 0 Å². The van der Waals surface area contributed by atoms with Gasteiger partial charge < -0.3 is 10.6 Å². The molecule has 0 aliphatic carbocycles. The molecule has 142 valence electrons. The quantitative estimate of drug-likeness (QED) is 0.398. The van der Waals surface area contributed by atoms with Crippen molar-refractivity contribution in [3.8, 4) is 0 Å². The summed E-state index contributed by atoms with van der Waals surface area (Å²) in [6.07, 6.45) is 0. The summed E-state index contributed by atoms with van der Waals surface area (Å²) in [4.78, 5) is 25.9. The van der Waals surface area contributed by atoms with Gasteiger partial charge in [0.05, 0.1) is 5.25 Å². The van der Waals surface area contributed by atoms with E-state index in [1.54, 1.807) is 16.6 Å². The van der Waals surface area contributed by atoms with Crippen LogP contribution in [0.1, 0.15) is 31.1 Å². The number of anilines is 2. The molecule has 0 amide bonds. The SMILES string of the molecule is CCNc1nc(NCC)n2nc(S[C@@H](C)C(=O)c3ccc(Br)cc3)nc2n1. The summed E-state index contributed by atoms with van der Waals surface area (Å²) in [5, 5.41) is 10.9. The van der Waals surface area contributed by atoms with Gasteiger partial charge in [-0.15, -0.1) is 5.10 Å². The Morgan fingerprint density at radius 3 is 2.52 bits per heavy atom. The van der Waals surface area contributed by atoms with Crippen LogP contribution in [-0.4, -0.2) is 48.7 Å². The molecule has 3 rings (SSSR count).